The molecule has 7 heteroatoms. The first-order valence-corrected chi connectivity index (χ1v) is 8.08. The number of esters is 1. The number of ether oxygens (including phenoxy) is 6. The zero-order valence-corrected chi connectivity index (χ0v) is 14.7. The number of hydrogen-bond acceptors (Lipinski definition) is 7. The number of benzene rings is 2. The quantitative estimate of drug-likeness (QED) is 0.615. The van der Waals surface area contributed by atoms with Crippen molar-refractivity contribution in [3.63, 3.8) is 0 Å². The van der Waals surface area contributed by atoms with Gasteiger partial charge < -0.3 is 28.4 Å². The van der Waals surface area contributed by atoms with Crippen molar-refractivity contribution in [2.45, 2.75) is 12.3 Å². The van der Waals surface area contributed by atoms with Gasteiger partial charge in [-0.3, -0.25) is 4.79 Å². The van der Waals surface area contributed by atoms with E-state index in [0.717, 1.165) is 11.1 Å². The van der Waals surface area contributed by atoms with Gasteiger partial charge in [0.2, 0.25) is 12.5 Å². The zero-order valence-electron chi connectivity index (χ0n) is 14.7. The smallest absolute Gasteiger partial charge is 0.312 e. The third kappa shape index (κ3) is 2.56. The SMILES string of the molecule is COc1cc([C@@H]2CC(=O)Oc3cc4c(cc32)OCO4)cc(OC)c1OC. The summed E-state index contributed by atoms with van der Waals surface area (Å²) in [6.07, 6.45) is 0.200. The molecule has 0 unspecified atom stereocenters. The van der Waals surface area contributed by atoms with Crippen LogP contribution in [0.5, 0.6) is 34.5 Å². The van der Waals surface area contributed by atoms with Gasteiger partial charge in [0.15, 0.2) is 23.0 Å². The Morgan fingerprint density at radius 3 is 2.15 bits per heavy atom. The molecule has 2 aliphatic heterocycles. The Morgan fingerprint density at radius 2 is 1.54 bits per heavy atom. The standard InChI is InChI=1S/C19H18O7/c1-21-16-4-10(5-17(22-2)19(16)23-3)11-7-18(20)26-13-8-15-14(6-12(11)13)24-9-25-15/h4-6,8,11H,7,9H2,1-3H3/t11-/m0/s1. The van der Waals surface area contributed by atoms with E-state index in [1.807, 2.05) is 18.2 Å². The molecule has 2 aromatic rings. The van der Waals surface area contributed by atoms with E-state index in [0.29, 0.717) is 34.5 Å². The van der Waals surface area contributed by atoms with Crippen molar-refractivity contribution in [2.75, 3.05) is 28.1 Å². The van der Waals surface area contributed by atoms with Crippen LogP contribution in [-0.4, -0.2) is 34.1 Å². The minimum atomic E-state index is -0.310. The van der Waals surface area contributed by atoms with Crippen molar-refractivity contribution in [3.8, 4) is 34.5 Å². The molecule has 1 atom stereocenters. The summed E-state index contributed by atoms with van der Waals surface area (Å²) < 4.78 is 32.5. The first-order chi connectivity index (χ1) is 12.6. The summed E-state index contributed by atoms with van der Waals surface area (Å²) in [6.45, 7) is 0.154. The fourth-order valence-electron chi connectivity index (χ4n) is 3.34. The molecular formula is C19H18O7. The Kier molecular flexibility index (Phi) is 3.99. The number of methoxy groups -OCH3 is 3. The summed E-state index contributed by atoms with van der Waals surface area (Å²) >= 11 is 0. The maximum atomic E-state index is 12.2. The van der Waals surface area contributed by atoms with Crippen LogP contribution in [0.15, 0.2) is 24.3 Å². The van der Waals surface area contributed by atoms with Crippen molar-refractivity contribution in [1.29, 1.82) is 0 Å². The second-order valence-corrected chi connectivity index (χ2v) is 5.93. The molecular weight excluding hydrogens is 340 g/mol. The zero-order chi connectivity index (χ0) is 18.3. The summed E-state index contributed by atoms with van der Waals surface area (Å²) in [4.78, 5) is 12.2. The van der Waals surface area contributed by atoms with Crippen molar-refractivity contribution in [2.24, 2.45) is 0 Å². The van der Waals surface area contributed by atoms with Gasteiger partial charge in [-0.05, 0) is 23.8 Å². The Labute approximate surface area is 150 Å². The highest BCUT2D eigenvalue weighted by molar-refractivity contribution is 5.79. The lowest BCUT2D eigenvalue weighted by atomic mass is 9.86. The Bertz CT molecular complexity index is 849. The van der Waals surface area contributed by atoms with E-state index < -0.39 is 0 Å². The molecule has 0 aromatic heterocycles. The predicted molar refractivity (Wildman–Crippen MR) is 90.8 cm³/mol. The van der Waals surface area contributed by atoms with Crippen molar-refractivity contribution < 1.29 is 33.2 Å². The van der Waals surface area contributed by atoms with E-state index in [1.54, 1.807) is 27.4 Å². The van der Waals surface area contributed by atoms with E-state index in [9.17, 15) is 4.79 Å². The first-order valence-electron chi connectivity index (χ1n) is 8.08. The Balaban J connectivity index is 1.85. The van der Waals surface area contributed by atoms with Gasteiger partial charge in [-0.1, -0.05) is 0 Å². The highest BCUT2D eigenvalue weighted by atomic mass is 16.7. The fraction of sp³-hybridized carbons (Fsp3) is 0.316. The number of carbonyl (C=O) groups excluding carboxylic acids is 1. The Hall–Kier alpha value is -3.09. The third-order valence-corrected chi connectivity index (χ3v) is 4.56. The van der Waals surface area contributed by atoms with Crippen LogP contribution < -0.4 is 28.4 Å². The summed E-state index contributed by atoms with van der Waals surface area (Å²) in [6, 6.07) is 7.25. The molecule has 4 rings (SSSR count). The highest BCUT2D eigenvalue weighted by Crippen LogP contribution is 2.48. The summed E-state index contributed by atoms with van der Waals surface area (Å²) in [5, 5.41) is 0. The van der Waals surface area contributed by atoms with E-state index in [-0.39, 0.29) is 25.1 Å². The lowest BCUT2D eigenvalue weighted by Crippen LogP contribution is -2.21. The molecule has 0 saturated heterocycles. The maximum absolute atomic E-state index is 12.2. The molecule has 0 aliphatic carbocycles. The van der Waals surface area contributed by atoms with Gasteiger partial charge in [0, 0.05) is 17.5 Å². The van der Waals surface area contributed by atoms with E-state index >= 15 is 0 Å². The van der Waals surface area contributed by atoms with Crippen LogP contribution in [0.4, 0.5) is 0 Å². The molecule has 0 fully saturated rings. The van der Waals surface area contributed by atoms with Crippen LogP contribution in [0.25, 0.3) is 0 Å². The monoisotopic (exact) mass is 358 g/mol. The molecule has 0 N–H and O–H groups in total. The minimum absolute atomic E-state index is 0.154. The average molecular weight is 358 g/mol. The summed E-state index contributed by atoms with van der Waals surface area (Å²) in [5.74, 6) is 2.71. The van der Waals surface area contributed by atoms with E-state index in [1.165, 1.54) is 0 Å². The van der Waals surface area contributed by atoms with Gasteiger partial charge in [0.05, 0.1) is 27.8 Å². The molecule has 2 heterocycles. The minimum Gasteiger partial charge on any atom is -0.493 e. The van der Waals surface area contributed by atoms with Crippen molar-refractivity contribution >= 4 is 5.97 Å². The molecule has 0 spiro atoms. The topological polar surface area (TPSA) is 72.5 Å². The van der Waals surface area contributed by atoms with Gasteiger partial charge in [-0.2, -0.15) is 0 Å². The lowest BCUT2D eigenvalue weighted by molar-refractivity contribution is -0.135. The third-order valence-electron chi connectivity index (χ3n) is 4.56. The number of fused-ring (bicyclic) bond motifs is 2. The molecule has 2 aliphatic rings. The van der Waals surface area contributed by atoms with E-state index in [2.05, 4.69) is 0 Å². The number of carbonyl (C=O) groups is 1. The fourth-order valence-corrected chi connectivity index (χ4v) is 3.34. The van der Waals surface area contributed by atoms with Crippen molar-refractivity contribution in [3.05, 3.63) is 35.4 Å². The molecule has 0 bridgehead atoms. The van der Waals surface area contributed by atoms with Crippen LogP contribution in [-0.2, 0) is 4.79 Å². The summed E-state index contributed by atoms with van der Waals surface area (Å²) in [5.41, 5.74) is 1.71. The predicted octanol–water partition coefficient (Wildman–Crippen LogP) is 2.88. The molecule has 136 valence electrons. The normalized spacial score (nSPS) is 17.3. The van der Waals surface area contributed by atoms with Gasteiger partial charge in [-0.25, -0.2) is 0 Å². The van der Waals surface area contributed by atoms with Crippen LogP contribution >= 0.6 is 0 Å². The van der Waals surface area contributed by atoms with Gasteiger partial charge in [0.25, 0.3) is 0 Å². The van der Waals surface area contributed by atoms with Gasteiger partial charge in [0.1, 0.15) is 5.75 Å². The second kappa shape index (κ2) is 6.33. The Morgan fingerprint density at radius 1 is 0.885 bits per heavy atom. The molecule has 2 aromatic carbocycles. The van der Waals surface area contributed by atoms with Crippen LogP contribution in [0.1, 0.15) is 23.5 Å². The molecule has 26 heavy (non-hydrogen) atoms. The van der Waals surface area contributed by atoms with Gasteiger partial charge in [-0.15, -0.1) is 0 Å². The molecule has 7 nitrogen and oxygen atoms in total. The van der Waals surface area contributed by atoms with Crippen LogP contribution in [0, 0.1) is 0 Å². The van der Waals surface area contributed by atoms with E-state index in [4.69, 9.17) is 28.4 Å². The van der Waals surface area contributed by atoms with Crippen LogP contribution in [0.2, 0.25) is 0 Å². The molecule has 0 amide bonds. The van der Waals surface area contributed by atoms with Crippen molar-refractivity contribution in [1.82, 2.24) is 0 Å². The lowest BCUT2D eigenvalue weighted by Gasteiger charge is -2.26. The molecule has 0 saturated carbocycles. The highest BCUT2D eigenvalue weighted by Gasteiger charge is 2.32. The number of rotatable bonds is 4. The summed E-state index contributed by atoms with van der Waals surface area (Å²) in [7, 11) is 4.67. The first kappa shape index (κ1) is 16.4. The second-order valence-electron chi connectivity index (χ2n) is 5.93. The average Bonchev–Trinajstić information content (AvgIpc) is 3.11. The molecule has 0 radical (unpaired) electrons. The maximum Gasteiger partial charge on any atom is 0.312 e. The van der Waals surface area contributed by atoms with Crippen LogP contribution in [0.3, 0.4) is 0 Å². The largest absolute Gasteiger partial charge is 0.493 e. The number of hydrogen-bond donors (Lipinski definition) is 0. The van der Waals surface area contributed by atoms with Gasteiger partial charge >= 0.3 is 5.97 Å².